The average Bonchev–Trinajstić information content (AvgIpc) is 2.50. The summed E-state index contributed by atoms with van der Waals surface area (Å²) in [7, 11) is 0. The third-order valence-electron chi connectivity index (χ3n) is 4.15. The number of amides is 1. The van der Waals surface area contributed by atoms with Crippen molar-refractivity contribution < 1.29 is 13.9 Å². The molecule has 4 nitrogen and oxygen atoms in total. The highest BCUT2D eigenvalue weighted by Crippen LogP contribution is 2.31. The highest BCUT2D eigenvalue weighted by molar-refractivity contribution is 5.79. The molecule has 0 radical (unpaired) electrons. The van der Waals surface area contributed by atoms with Gasteiger partial charge in [0.05, 0.1) is 24.7 Å². The molecule has 2 aromatic rings. The Morgan fingerprint density at radius 1 is 1.26 bits per heavy atom. The minimum Gasteiger partial charge on any atom is -0.369 e. The van der Waals surface area contributed by atoms with E-state index in [1.54, 1.807) is 6.07 Å². The van der Waals surface area contributed by atoms with Crippen molar-refractivity contribution in [1.82, 2.24) is 5.32 Å². The van der Waals surface area contributed by atoms with Gasteiger partial charge in [-0.25, -0.2) is 4.39 Å². The second kappa shape index (κ2) is 6.89. The molecule has 1 aliphatic heterocycles. The van der Waals surface area contributed by atoms with Crippen LogP contribution in [-0.4, -0.2) is 18.5 Å². The molecule has 1 saturated heterocycles. The summed E-state index contributed by atoms with van der Waals surface area (Å²) < 4.78 is 19.3. The molecule has 3 rings (SSSR count). The van der Waals surface area contributed by atoms with Crippen molar-refractivity contribution in [3.05, 3.63) is 71.5 Å². The van der Waals surface area contributed by atoms with Gasteiger partial charge in [0, 0.05) is 6.54 Å². The fourth-order valence-corrected chi connectivity index (χ4v) is 2.83. The molecule has 3 atom stereocenters. The fourth-order valence-electron chi connectivity index (χ4n) is 2.83. The zero-order valence-electron chi connectivity index (χ0n) is 12.6. The largest absolute Gasteiger partial charge is 0.369 e. The Hall–Kier alpha value is -2.24. The maximum Gasteiger partial charge on any atom is 0.223 e. The highest BCUT2D eigenvalue weighted by Gasteiger charge is 2.41. The first-order valence-electron chi connectivity index (χ1n) is 7.59. The van der Waals surface area contributed by atoms with E-state index in [4.69, 9.17) is 10.5 Å². The van der Waals surface area contributed by atoms with Crippen LogP contribution in [-0.2, 0) is 16.1 Å². The molecule has 0 aromatic heterocycles. The third-order valence-corrected chi connectivity index (χ3v) is 4.15. The molecule has 1 heterocycles. The molecule has 23 heavy (non-hydrogen) atoms. The van der Waals surface area contributed by atoms with Gasteiger partial charge in [0.15, 0.2) is 0 Å². The van der Waals surface area contributed by atoms with Crippen molar-refractivity contribution >= 4 is 5.91 Å². The summed E-state index contributed by atoms with van der Waals surface area (Å²) in [6, 6.07) is 15.8. The monoisotopic (exact) mass is 314 g/mol. The van der Waals surface area contributed by atoms with Crippen molar-refractivity contribution in [2.24, 2.45) is 11.7 Å². The van der Waals surface area contributed by atoms with Crippen LogP contribution in [0, 0.1) is 11.7 Å². The smallest absolute Gasteiger partial charge is 0.223 e. The molecule has 0 spiro atoms. The van der Waals surface area contributed by atoms with E-state index in [-0.39, 0.29) is 36.4 Å². The standard InChI is InChI=1S/C18H19FN2O2/c19-14-8-4-5-12(9-14)11-23-17(13-6-2-1-3-7-13)16-15(10-21-16)18(20)22/h1-9,15-17,21H,10-11H2,(H2,20,22). The molecule has 3 unspecified atom stereocenters. The number of carbonyl (C=O) groups is 1. The number of primary amides is 1. The lowest BCUT2D eigenvalue weighted by molar-refractivity contribution is -0.128. The summed E-state index contributed by atoms with van der Waals surface area (Å²) in [6.45, 7) is 0.827. The van der Waals surface area contributed by atoms with E-state index in [0.29, 0.717) is 6.54 Å². The lowest BCUT2D eigenvalue weighted by Crippen LogP contribution is -2.61. The van der Waals surface area contributed by atoms with Crippen LogP contribution in [0.25, 0.3) is 0 Å². The van der Waals surface area contributed by atoms with E-state index in [0.717, 1.165) is 11.1 Å². The van der Waals surface area contributed by atoms with Crippen molar-refractivity contribution in [3.8, 4) is 0 Å². The van der Waals surface area contributed by atoms with Crippen molar-refractivity contribution in [1.29, 1.82) is 0 Å². The average molecular weight is 314 g/mol. The SMILES string of the molecule is NC(=O)C1CNC1C(OCc1cccc(F)c1)c1ccccc1. The van der Waals surface area contributed by atoms with Crippen molar-refractivity contribution in [3.63, 3.8) is 0 Å². The number of hydrogen-bond acceptors (Lipinski definition) is 3. The van der Waals surface area contributed by atoms with Crippen molar-refractivity contribution in [2.45, 2.75) is 18.8 Å². The van der Waals surface area contributed by atoms with Crippen LogP contribution in [0.4, 0.5) is 4.39 Å². The minimum absolute atomic E-state index is 0.163. The lowest BCUT2D eigenvalue weighted by atomic mass is 9.84. The van der Waals surface area contributed by atoms with E-state index in [9.17, 15) is 9.18 Å². The number of benzene rings is 2. The molecule has 2 aromatic carbocycles. The molecule has 0 aliphatic carbocycles. The minimum atomic E-state index is -0.330. The Labute approximate surface area is 134 Å². The van der Waals surface area contributed by atoms with Gasteiger partial charge in [-0.05, 0) is 23.3 Å². The summed E-state index contributed by atoms with van der Waals surface area (Å²) in [5.74, 6) is -0.879. The van der Waals surface area contributed by atoms with Crippen LogP contribution in [0.5, 0.6) is 0 Å². The van der Waals surface area contributed by atoms with Gasteiger partial charge in [0.2, 0.25) is 5.91 Å². The molecular weight excluding hydrogens is 295 g/mol. The molecule has 0 bridgehead atoms. The molecule has 5 heteroatoms. The second-order valence-corrected chi connectivity index (χ2v) is 5.72. The van der Waals surface area contributed by atoms with Crippen LogP contribution in [0.1, 0.15) is 17.2 Å². The zero-order chi connectivity index (χ0) is 16.2. The van der Waals surface area contributed by atoms with E-state index < -0.39 is 0 Å². The van der Waals surface area contributed by atoms with Gasteiger partial charge in [-0.3, -0.25) is 4.79 Å². The Balaban J connectivity index is 1.77. The number of ether oxygens (including phenoxy) is 1. The fraction of sp³-hybridized carbons (Fsp3) is 0.278. The normalized spacial score (nSPS) is 21.4. The maximum atomic E-state index is 13.3. The molecule has 0 saturated carbocycles. The Morgan fingerprint density at radius 3 is 2.65 bits per heavy atom. The lowest BCUT2D eigenvalue weighted by Gasteiger charge is -2.41. The van der Waals surface area contributed by atoms with Gasteiger partial charge >= 0.3 is 0 Å². The highest BCUT2D eigenvalue weighted by atomic mass is 19.1. The third kappa shape index (κ3) is 3.57. The maximum absolute atomic E-state index is 13.3. The summed E-state index contributed by atoms with van der Waals surface area (Å²) >= 11 is 0. The molecule has 1 aliphatic rings. The Bertz CT molecular complexity index is 678. The molecular formula is C18H19FN2O2. The van der Waals surface area contributed by atoms with Crippen molar-refractivity contribution in [2.75, 3.05) is 6.54 Å². The summed E-state index contributed by atoms with van der Waals surface area (Å²) in [5, 5.41) is 3.22. The summed E-state index contributed by atoms with van der Waals surface area (Å²) in [5.41, 5.74) is 7.16. The van der Waals surface area contributed by atoms with Crippen LogP contribution in [0.3, 0.4) is 0 Å². The van der Waals surface area contributed by atoms with Crippen LogP contribution >= 0.6 is 0 Å². The first-order valence-corrected chi connectivity index (χ1v) is 7.59. The zero-order valence-corrected chi connectivity index (χ0v) is 12.6. The van der Waals surface area contributed by atoms with E-state index in [1.165, 1.54) is 12.1 Å². The molecule has 1 amide bonds. The van der Waals surface area contributed by atoms with Gasteiger partial charge in [-0.2, -0.15) is 0 Å². The van der Waals surface area contributed by atoms with Gasteiger partial charge in [-0.1, -0.05) is 42.5 Å². The van der Waals surface area contributed by atoms with E-state index in [1.807, 2.05) is 36.4 Å². The van der Waals surface area contributed by atoms with E-state index >= 15 is 0 Å². The number of carbonyl (C=O) groups excluding carboxylic acids is 1. The first kappa shape index (κ1) is 15.6. The number of hydrogen-bond donors (Lipinski definition) is 2. The van der Waals surface area contributed by atoms with Gasteiger partial charge in [0.1, 0.15) is 5.82 Å². The van der Waals surface area contributed by atoms with Crippen LogP contribution < -0.4 is 11.1 Å². The predicted octanol–water partition coefficient (Wildman–Crippen LogP) is 2.16. The van der Waals surface area contributed by atoms with E-state index in [2.05, 4.69) is 5.32 Å². The Morgan fingerprint density at radius 2 is 2.04 bits per heavy atom. The topological polar surface area (TPSA) is 64.4 Å². The molecule has 3 N–H and O–H groups in total. The van der Waals surface area contributed by atoms with Gasteiger partial charge in [-0.15, -0.1) is 0 Å². The number of rotatable bonds is 6. The first-order chi connectivity index (χ1) is 11.1. The quantitative estimate of drug-likeness (QED) is 0.859. The van der Waals surface area contributed by atoms with Crippen LogP contribution in [0.2, 0.25) is 0 Å². The predicted molar refractivity (Wildman–Crippen MR) is 84.8 cm³/mol. The van der Waals surface area contributed by atoms with Gasteiger partial charge in [0.25, 0.3) is 0 Å². The van der Waals surface area contributed by atoms with Gasteiger partial charge < -0.3 is 15.8 Å². The Kier molecular flexibility index (Phi) is 4.69. The van der Waals surface area contributed by atoms with Crippen LogP contribution in [0.15, 0.2) is 54.6 Å². The summed E-state index contributed by atoms with van der Waals surface area (Å²) in [6.07, 6.45) is -0.314. The number of nitrogens with two attached hydrogens (primary N) is 1. The number of halogens is 1. The number of nitrogens with one attached hydrogen (secondary N) is 1. The summed E-state index contributed by atoms with van der Waals surface area (Å²) in [4.78, 5) is 11.5. The molecule has 1 fully saturated rings. The molecule has 120 valence electrons. The second-order valence-electron chi connectivity index (χ2n) is 5.72.